The molecule has 0 aliphatic carbocycles. The molecule has 162 valence electrons. The maximum atomic E-state index is 12.7. The molecule has 0 saturated carbocycles. The normalized spacial score (nSPS) is 11.3. The van der Waals surface area contributed by atoms with Crippen LogP contribution in [-0.4, -0.2) is 21.9 Å². The molecule has 0 atom stereocenters. The first-order valence-electron chi connectivity index (χ1n) is 9.55. The Labute approximate surface area is 180 Å². The van der Waals surface area contributed by atoms with Crippen LogP contribution in [0.3, 0.4) is 0 Å². The fourth-order valence-corrected chi connectivity index (χ4v) is 3.15. The largest absolute Gasteiger partial charge is 0.573 e. The third kappa shape index (κ3) is 4.94. The average Bonchev–Trinajstić information content (AvgIpc) is 2.77. The molecule has 4 rings (SSSR count). The van der Waals surface area contributed by atoms with Crippen LogP contribution in [0.25, 0.3) is 22.0 Å². The number of aromatic nitrogens is 2. The van der Waals surface area contributed by atoms with E-state index in [1.807, 2.05) is 36.4 Å². The maximum absolute atomic E-state index is 12.7. The van der Waals surface area contributed by atoms with Gasteiger partial charge in [-0.05, 0) is 47.5 Å². The van der Waals surface area contributed by atoms with Gasteiger partial charge in [0.15, 0.2) is 0 Å². The Morgan fingerprint density at radius 1 is 0.969 bits per heavy atom. The van der Waals surface area contributed by atoms with Crippen molar-refractivity contribution in [2.75, 3.05) is 0 Å². The first-order valence-corrected chi connectivity index (χ1v) is 9.55. The Morgan fingerprint density at radius 2 is 1.69 bits per heavy atom. The Morgan fingerprint density at radius 3 is 2.44 bits per heavy atom. The molecule has 0 unspecified atom stereocenters. The molecule has 2 aromatic carbocycles. The summed E-state index contributed by atoms with van der Waals surface area (Å²) >= 11 is 0. The average molecular weight is 438 g/mol. The minimum Gasteiger partial charge on any atom is -0.406 e. The number of nitrogens with one attached hydrogen (secondary N) is 2. The number of nitrogens with zero attached hydrogens (tertiary/aromatic N) is 2. The van der Waals surface area contributed by atoms with Crippen molar-refractivity contribution in [3.8, 4) is 16.9 Å². The molecule has 1 amide bonds. The van der Waals surface area contributed by atoms with E-state index in [2.05, 4.69) is 15.0 Å². The molecule has 0 saturated heterocycles. The molecule has 0 spiro atoms. The van der Waals surface area contributed by atoms with E-state index in [0.29, 0.717) is 16.8 Å². The number of ether oxygens (including phenoxy) is 1. The zero-order valence-corrected chi connectivity index (χ0v) is 16.6. The van der Waals surface area contributed by atoms with Crippen molar-refractivity contribution >= 4 is 16.9 Å². The van der Waals surface area contributed by atoms with E-state index in [1.165, 1.54) is 36.5 Å². The van der Waals surface area contributed by atoms with Crippen LogP contribution in [0.1, 0.15) is 5.69 Å². The number of halogens is 3. The molecular formula is C23H17F3N4O2. The quantitative estimate of drug-likeness (QED) is 0.479. The zero-order chi connectivity index (χ0) is 22.7. The van der Waals surface area contributed by atoms with Gasteiger partial charge in [-0.15, -0.1) is 13.2 Å². The van der Waals surface area contributed by atoms with Crippen molar-refractivity contribution in [1.29, 1.82) is 5.41 Å². The van der Waals surface area contributed by atoms with Gasteiger partial charge in [0, 0.05) is 11.6 Å². The molecule has 32 heavy (non-hydrogen) atoms. The number of pyridine rings is 2. The number of alkyl halides is 3. The van der Waals surface area contributed by atoms with Gasteiger partial charge in [-0.1, -0.05) is 36.4 Å². The van der Waals surface area contributed by atoms with E-state index in [0.717, 1.165) is 15.5 Å². The lowest BCUT2D eigenvalue weighted by Gasteiger charge is -2.12. The summed E-state index contributed by atoms with van der Waals surface area (Å²) in [5.41, 5.74) is 2.55. The molecule has 6 nitrogen and oxygen atoms in total. The fourth-order valence-electron chi connectivity index (χ4n) is 3.15. The molecule has 0 aliphatic heterocycles. The lowest BCUT2D eigenvalue weighted by molar-refractivity contribution is -0.274. The number of rotatable bonds is 4. The highest BCUT2D eigenvalue weighted by molar-refractivity contribution is 5.79. The van der Waals surface area contributed by atoms with Gasteiger partial charge in [-0.3, -0.25) is 15.0 Å². The van der Waals surface area contributed by atoms with Gasteiger partial charge >= 0.3 is 12.4 Å². The van der Waals surface area contributed by atoms with Crippen molar-refractivity contribution in [2.45, 2.75) is 12.9 Å². The number of hydrogen-bond acceptors (Lipinski definition) is 4. The van der Waals surface area contributed by atoms with Crippen LogP contribution in [0.2, 0.25) is 0 Å². The molecule has 2 N–H and O–H groups in total. The number of amides is 1. The second kappa shape index (κ2) is 8.54. The van der Waals surface area contributed by atoms with Crippen LogP contribution in [0.15, 0.2) is 79.0 Å². The topological polar surface area (TPSA) is 80.0 Å². The number of fused-ring (bicyclic) bond motifs is 1. The Balaban J connectivity index is 1.50. The molecule has 0 radical (unpaired) electrons. The van der Waals surface area contributed by atoms with Crippen molar-refractivity contribution in [3.63, 3.8) is 0 Å². The molecule has 0 aliphatic rings. The SMILES string of the molecule is N=c1ccc(-c2ccc(OC(F)(F)F)cc2)cn1C(=O)NCc1ccc2ccccc2n1. The highest BCUT2D eigenvalue weighted by atomic mass is 19.4. The molecular weight excluding hydrogens is 421 g/mol. The van der Waals surface area contributed by atoms with E-state index < -0.39 is 12.4 Å². The first-order chi connectivity index (χ1) is 15.3. The van der Waals surface area contributed by atoms with E-state index in [4.69, 9.17) is 5.41 Å². The summed E-state index contributed by atoms with van der Waals surface area (Å²) in [4.78, 5) is 17.2. The lowest BCUT2D eigenvalue weighted by Crippen LogP contribution is -2.35. The van der Waals surface area contributed by atoms with Crippen LogP contribution in [0.5, 0.6) is 5.75 Å². The summed E-state index contributed by atoms with van der Waals surface area (Å²) in [5.74, 6) is -0.341. The second-order valence-corrected chi connectivity index (χ2v) is 6.90. The summed E-state index contributed by atoms with van der Waals surface area (Å²) in [6, 6.07) is 19.1. The predicted molar refractivity (Wildman–Crippen MR) is 112 cm³/mol. The van der Waals surface area contributed by atoms with Crippen LogP contribution >= 0.6 is 0 Å². The standard InChI is InChI=1S/C23H17F3N4O2/c24-23(25,26)32-19-10-6-15(7-11-19)17-8-12-21(27)30(14-17)22(31)28-13-18-9-5-16-3-1-2-4-20(16)29-18/h1-12,14,27H,13H2,(H,28,31). The molecule has 0 bridgehead atoms. The molecule has 0 fully saturated rings. The Kier molecular flexibility index (Phi) is 5.63. The summed E-state index contributed by atoms with van der Waals surface area (Å²) in [7, 11) is 0. The third-order valence-corrected chi connectivity index (χ3v) is 4.67. The van der Waals surface area contributed by atoms with Gasteiger partial charge in [0.25, 0.3) is 0 Å². The van der Waals surface area contributed by atoms with Gasteiger partial charge in [0.1, 0.15) is 11.2 Å². The fraction of sp³-hybridized carbons (Fsp3) is 0.0870. The van der Waals surface area contributed by atoms with E-state index in [9.17, 15) is 18.0 Å². The minimum absolute atomic E-state index is 0.0465. The van der Waals surface area contributed by atoms with Gasteiger partial charge in [-0.2, -0.15) is 0 Å². The van der Waals surface area contributed by atoms with Gasteiger partial charge in [0.2, 0.25) is 0 Å². The highest BCUT2D eigenvalue weighted by Gasteiger charge is 2.30. The molecule has 2 heterocycles. The van der Waals surface area contributed by atoms with Crippen LogP contribution in [-0.2, 0) is 6.54 Å². The van der Waals surface area contributed by atoms with E-state index >= 15 is 0 Å². The number of hydrogen-bond donors (Lipinski definition) is 2. The van der Waals surface area contributed by atoms with Gasteiger partial charge in [-0.25, -0.2) is 4.79 Å². The minimum atomic E-state index is -4.77. The van der Waals surface area contributed by atoms with Crippen LogP contribution in [0.4, 0.5) is 18.0 Å². The molecule has 9 heteroatoms. The van der Waals surface area contributed by atoms with Crippen molar-refractivity contribution < 1.29 is 22.7 Å². The number of carbonyl (C=O) groups is 1. The van der Waals surface area contributed by atoms with Gasteiger partial charge < -0.3 is 10.1 Å². The highest BCUT2D eigenvalue weighted by Crippen LogP contribution is 2.26. The number of carbonyl (C=O) groups excluding carboxylic acids is 1. The Bertz CT molecular complexity index is 1330. The van der Waals surface area contributed by atoms with E-state index in [-0.39, 0.29) is 17.8 Å². The van der Waals surface area contributed by atoms with Crippen LogP contribution in [0, 0.1) is 5.41 Å². The summed E-state index contributed by atoms with van der Waals surface area (Å²) in [6.45, 7) is 0.170. The summed E-state index contributed by atoms with van der Waals surface area (Å²) < 4.78 is 42.0. The monoisotopic (exact) mass is 438 g/mol. The van der Waals surface area contributed by atoms with Crippen molar-refractivity contribution in [1.82, 2.24) is 14.9 Å². The predicted octanol–water partition coefficient (Wildman–Crippen LogP) is 4.84. The smallest absolute Gasteiger partial charge is 0.406 e. The van der Waals surface area contributed by atoms with Crippen molar-refractivity contribution in [2.24, 2.45) is 0 Å². The first kappa shape index (κ1) is 21.1. The lowest BCUT2D eigenvalue weighted by atomic mass is 10.1. The number of benzene rings is 2. The van der Waals surface area contributed by atoms with Gasteiger partial charge in [0.05, 0.1) is 17.8 Å². The number of para-hydroxylation sites is 1. The Hall–Kier alpha value is -4.14. The van der Waals surface area contributed by atoms with E-state index in [1.54, 1.807) is 6.07 Å². The van der Waals surface area contributed by atoms with Crippen LogP contribution < -0.4 is 15.5 Å². The second-order valence-electron chi connectivity index (χ2n) is 6.90. The third-order valence-electron chi connectivity index (χ3n) is 4.67. The summed E-state index contributed by atoms with van der Waals surface area (Å²) in [5, 5.41) is 11.7. The summed E-state index contributed by atoms with van der Waals surface area (Å²) in [6.07, 6.45) is -3.32. The molecule has 2 aromatic heterocycles. The maximum Gasteiger partial charge on any atom is 0.573 e. The molecule has 4 aromatic rings. The zero-order valence-electron chi connectivity index (χ0n) is 16.6. The van der Waals surface area contributed by atoms with Crippen molar-refractivity contribution in [3.05, 3.63) is 90.2 Å².